The van der Waals surface area contributed by atoms with Crippen molar-refractivity contribution in [3.05, 3.63) is 11.9 Å². The minimum Gasteiger partial charge on any atom is -0.308 e. The normalized spacial score (nSPS) is 23.2. The molecule has 0 unspecified atom stereocenters. The van der Waals surface area contributed by atoms with Crippen LogP contribution in [-0.2, 0) is 13.1 Å². The molecule has 5 nitrogen and oxygen atoms in total. The average Bonchev–Trinajstić information content (AvgIpc) is 3.01. The van der Waals surface area contributed by atoms with Crippen LogP contribution in [0.4, 0.5) is 8.78 Å². The van der Waals surface area contributed by atoms with Gasteiger partial charge >= 0.3 is 0 Å². The highest BCUT2D eigenvalue weighted by Gasteiger charge is 2.33. The molecular weight excluding hydrogens is 300 g/mol. The van der Waals surface area contributed by atoms with Crippen LogP contribution in [0.25, 0.3) is 0 Å². The van der Waals surface area contributed by atoms with E-state index in [0.29, 0.717) is 25.7 Å². The standard InChI is InChI=1S/C16H27F2N5/c17-16(18)6-8-22(9-7-16)10-11-23-13-15(20-21-23)12-19-14-4-2-1-3-5-14/h13-14,19H,1-12H2. The van der Waals surface area contributed by atoms with Crippen molar-refractivity contribution >= 4 is 0 Å². The average molecular weight is 327 g/mol. The number of piperidine rings is 1. The Morgan fingerprint density at radius 1 is 1.13 bits per heavy atom. The predicted octanol–water partition coefficient (Wildman–Crippen LogP) is 2.43. The Kier molecular flexibility index (Phi) is 5.58. The molecule has 0 amide bonds. The van der Waals surface area contributed by atoms with Gasteiger partial charge in [0, 0.05) is 51.3 Å². The fourth-order valence-electron chi connectivity index (χ4n) is 3.43. The molecule has 0 atom stereocenters. The molecule has 0 aromatic carbocycles. The van der Waals surface area contributed by atoms with E-state index >= 15 is 0 Å². The largest absolute Gasteiger partial charge is 0.308 e. The quantitative estimate of drug-likeness (QED) is 0.872. The van der Waals surface area contributed by atoms with Gasteiger partial charge in [0.25, 0.3) is 5.92 Å². The molecule has 0 bridgehead atoms. The predicted molar refractivity (Wildman–Crippen MR) is 84.4 cm³/mol. The van der Waals surface area contributed by atoms with Crippen LogP contribution in [0, 0.1) is 0 Å². The first-order valence-electron chi connectivity index (χ1n) is 8.83. The zero-order chi connectivity index (χ0) is 16.1. The molecule has 1 aromatic rings. The molecule has 1 aromatic heterocycles. The van der Waals surface area contributed by atoms with E-state index in [9.17, 15) is 8.78 Å². The second-order valence-corrected chi connectivity index (χ2v) is 6.89. The lowest BCUT2D eigenvalue weighted by atomic mass is 9.95. The van der Waals surface area contributed by atoms with Gasteiger partial charge in [-0.1, -0.05) is 24.5 Å². The molecule has 1 saturated heterocycles. The van der Waals surface area contributed by atoms with Gasteiger partial charge in [-0.15, -0.1) is 5.10 Å². The monoisotopic (exact) mass is 327 g/mol. The zero-order valence-electron chi connectivity index (χ0n) is 13.7. The summed E-state index contributed by atoms with van der Waals surface area (Å²) in [5, 5.41) is 11.9. The third kappa shape index (κ3) is 5.21. The van der Waals surface area contributed by atoms with Crippen LogP contribution >= 0.6 is 0 Å². The second kappa shape index (κ2) is 7.66. The highest BCUT2D eigenvalue weighted by Crippen LogP contribution is 2.27. The number of rotatable bonds is 6. The van der Waals surface area contributed by atoms with Gasteiger partial charge in [0.1, 0.15) is 0 Å². The van der Waals surface area contributed by atoms with Gasteiger partial charge < -0.3 is 10.2 Å². The van der Waals surface area contributed by atoms with Crippen LogP contribution in [0.15, 0.2) is 6.20 Å². The summed E-state index contributed by atoms with van der Waals surface area (Å²) in [6.45, 7) is 3.17. The molecule has 2 fully saturated rings. The first-order valence-corrected chi connectivity index (χ1v) is 8.83. The molecule has 3 rings (SSSR count). The van der Waals surface area contributed by atoms with E-state index in [1.165, 1.54) is 32.1 Å². The minimum absolute atomic E-state index is 0.0269. The number of hydrogen-bond donors (Lipinski definition) is 1. The molecule has 130 valence electrons. The lowest BCUT2D eigenvalue weighted by molar-refractivity contribution is -0.0555. The van der Waals surface area contributed by atoms with Gasteiger partial charge in [0.2, 0.25) is 0 Å². The Balaban J connectivity index is 1.37. The van der Waals surface area contributed by atoms with Crippen molar-refractivity contribution in [2.75, 3.05) is 19.6 Å². The van der Waals surface area contributed by atoms with E-state index in [4.69, 9.17) is 0 Å². The van der Waals surface area contributed by atoms with E-state index in [1.807, 2.05) is 10.9 Å². The van der Waals surface area contributed by atoms with Crippen molar-refractivity contribution < 1.29 is 8.78 Å². The molecule has 1 aliphatic heterocycles. The van der Waals surface area contributed by atoms with E-state index in [0.717, 1.165) is 18.8 Å². The molecule has 1 N–H and O–H groups in total. The lowest BCUT2D eigenvalue weighted by Gasteiger charge is -2.31. The van der Waals surface area contributed by atoms with Crippen molar-refractivity contribution in [1.29, 1.82) is 0 Å². The highest BCUT2D eigenvalue weighted by atomic mass is 19.3. The third-order valence-corrected chi connectivity index (χ3v) is 5.00. The molecule has 0 spiro atoms. The molecular formula is C16H27F2N5. The van der Waals surface area contributed by atoms with Gasteiger partial charge in [0.05, 0.1) is 12.2 Å². The van der Waals surface area contributed by atoms with Gasteiger partial charge in [-0.25, -0.2) is 8.78 Å². The van der Waals surface area contributed by atoms with Crippen LogP contribution < -0.4 is 5.32 Å². The summed E-state index contributed by atoms with van der Waals surface area (Å²) in [5.41, 5.74) is 0.959. The Morgan fingerprint density at radius 3 is 2.61 bits per heavy atom. The van der Waals surface area contributed by atoms with Gasteiger partial charge in [-0.05, 0) is 12.8 Å². The summed E-state index contributed by atoms with van der Waals surface area (Å²) >= 11 is 0. The minimum atomic E-state index is -2.47. The van der Waals surface area contributed by atoms with Crippen LogP contribution in [0.2, 0.25) is 0 Å². The van der Waals surface area contributed by atoms with Crippen LogP contribution in [-0.4, -0.2) is 51.5 Å². The summed E-state index contributed by atoms with van der Waals surface area (Å²) in [6.07, 6.45) is 8.42. The van der Waals surface area contributed by atoms with Crippen LogP contribution in [0.1, 0.15) is 50.6 Å². The Morgan fingerprint density at radius 2 is 1.87 bits per heavy atom. The van der Waals surface area contributed by atoms with Crippen LogP contribution in [0.5, 0.6) is 0 Å². The van der Waals surface area contributed by atoms with Crippen molar-refractivity contribution in [3.63, 3.8) is 0 Å². The maximum absolute atomic E-state index is 13.1. The molecule has 2 aliphatic rings. The van der Waals surface area contributed by atoms with E-state index in [2.05, 4.69) is 20.5 Å². The van der Waals surface area contributed by atoms with Gasteiger partial charge in [-0.3, -0.25) is 4.68 Å². The maximum Gasteiger partial charge on any atom is 0.250 e. The van der Waals surface area contributed by atoms with Gasteiger partial charge in [0.15, 0.2) is 0 Å². The Hall–Kier alpha value is -1.08. The fourth-order valence-corrected chi connectivity index (χ4v) is 3.43. The molecule has 23 heavy (non-hydrogen) atoms. The number of alkyl halides is 2. The second-order valence-electron chi connectivity index (χ2n) is 6.89. The number of nitrogens with zero attached hydrogens (tertiary/aromatic N) is 4. The summed E-state index contributed by atoms with van der Waals surface area (Å²) in [5.74, 6) is -2.47. The van der Waals surface area contributed by atoms with E-state index in [1.54, 1.807) is 0 Å². The van der Waals surface area contributed by atoms with Crippen LogP contribution in [0.3, 0.4) is 0 Å². The maximum atomic E-state index is 13.1. The first kappa shape index (κ1) is 16.8. The van der Waals surface area contributed by atoms with Crippen molar-refractivity contribution in [3.8, 4) is 0 Å². The Bertz CT molecular complexity index is 475. The number of aromatic nitrogens is 3. The molecule has 1 saturated carbocycles. The van der Waals surface area contributed by atoms with E-state index < -0.39 is 5.92 Å². The van der Waals surface area contributed by atoms with Crippen molar-refractivity contribution in [2.45, 2.75) is 70.0 Å². The fraction of sp³-hybridized carbons (Fsp3) is 0.875. The summed E-state index contributed by atoms with van der Waals surface area (Å²) in [6, 6.07) is 0.615. The lowest BCUT2D eigenvalue weighted by Crippen LogP contribution is -2.40. The van der Waals surface area contributed by atoms with E-state index in [-0.39, 0.29) is 12.8 Å². The number of hydrogen-bond acceptors (Lipinski definition) is 4. The molecule has 1 aliphatic carbocycles. The number of nitrogens with one attached hydrogen (secondary N) is 1. The summed E-state index contributed by atoms with van der Waals surface area (Å²) in [4.78, 5) is 2.08. The molecule has 0 radical (unpaired) electrons. The Labute approximate surface area is 136 Å². The van der Waals surface area contributed by atoms with Crippen molar-refractivity contribution in [2.24, 2.45) is 0 Å². The van der Waals surface area contributed by atoms with Gasteiger partial charge in [-0.2, -0.15) is 0 Å². The number of likely N-dealkylation sites (tertiary alicyclic amines) is 1. The number of halogens is 2. The smallest absolute Gasteiger partial charge is 0.250 e. The first-order chi connectivity index (χ1) is 11.1. The molecule has 7 heteroatoms. The van der Waals surface area contributed by atoms with Crippen molar-refractivity contribution in [1.82, 2.24) is 25.2 Å². The summed E-state index contributed by atoms with van der Waals surface area (Å²) < 4.78 is 28.1. The highest BCUT2D eigenvalue weighted by molar-refractivity contribution is 4.92. The third-order valence-electron chi connectivity index (χ3n) is 5.00. The topological polar surface area (TPSA) is 46.0 Å². The SMILES string of the molecule is FC1(F)CCN(CCn2cc(CNC3CCCCC3)nn2)CC1. The molecule has 2 heterocycles. The summed E-state index contributed by atoms with van der Waals surface area (Å²) in [7, 11) is 0. The zero-order valence-corrected chi connectivity index (χ0v) is 13.7.